The number of nitriles is 5. The highest BCUT2D eigenvalue weighted by atomic mass is 19.3. The van der Waals surface area contributed by atoms with Gasteiger partial charge in [-0.3, -0.25) is 28.8 Å². The third kappa shape index (κ3) is 17.6. The van der Waals surface area contributed by atoms with Crippen LogP contribution in [0.4, 0.5) is 61.2 Å². The number of carbonyl (C=O) groups is 6. The highest BCUT2D eigenvalue weighted by Gasteiger charge is 2.72. The van der Waals surface area contributed by atoms with Crippen molar-refractivity contribution in [2.45, 2.75) is 212 Å². The summed E-state index contributed by atoms with van der Waals surface area (Å²) < 4.78 is 87.8. The van der Waals surface area contributed by atoms with E-state index in [1.807, 2.05) is 80.7 Å². The second kappa shape index (κ2) is 40.0. The van der Waals surface area contributed by atoms with E-state index in [2.05, 4.69) is 118 Å². The van der Waals surface area contributed by atoms with Crippen LogP contribution in [0.15, 0.2) is 112 Å². The van der Waals surface area contributed by atoms with E-state index in [-0.39, 0.29) is 131 Å². The predicted octanol–water partition coefficient (Wildman–Crippen LogP) is 9.88. The second-order valence-corrected chi connectivity index (χ2v) is 39.9. The molecule has 12 aromatic rings. The minimum absolute atomic E-state index is 0.00549. The van der Waals surface area contributed by atoms with Crippen molar-refractivity contribution in [3.63, 3.8) is 0 Å². The first-order chi connectivity index (χ1) is 70.9. The van der Waals surface area contributed by atoms with Crippen molar-refractivity contribution < 1.29 is 60.2 Å². The number of piperidine rings is 3. The topological polar surface area (TPSA) is 530 Å². The van der Waals surface area contributed by atoms with Gasteiger partial charge in [0.2, 0.25) is 29.5 Å². The van der Waals surface area contributed by atoms with E-state index in [1.165, 1.54) is 28.8 Å². The van der Waals surface area contributed by atoms with E-state index < -0.39 is 71.3 Å². The fraction of sp³-hybridized carbons (Fsp3) is 0.525. The second-order valence-electron chi connectivity index (χ2n) is 39.9. The van der Waals surface area contributed by atoms with Gasteiger partial charge >= 0.3 is 0 Å². The van der Waals surface area contributed by atoms with Crippen LogP contribution in [-0.4, -0.2) is 334 Å². The number of carbonyl (C=O) groups excluding carboxylic acids is 6. The molecular formula is C99H111F6N35O7. The number of hydrogen-bond donors (Lipinski definition) is 7. The predicted molar refractivity (Wildman–Crippen MR) is 524 cm³/mol. The van der Waals surface area contributed by atoms with Gasteiger partial charge in [-0.15, -0.1) is 0 Å². The number of rotatable bonds is 12. The molecule has 766 valence electrons. The molecule has 0 bridgehead atoms. The number of hydrogen-bond acceptors (Lipinski definition) is 30. The van der Waals surface area contributed by atoms with E-state index in [9.17, 15) is 51.4 Å². The Morgan fingerprint density at radius 2 is 0.653 bits per heavy atom. The molecule has 8 unspecified atom stereocenters. The van der Waals surface area contributed by atoms with Gasteiger partial charge in [0.15, 0.2) is 0 Å². The summed E-state index contributed by atoms with van der Waals surface area (Å²) in [7, 11) is 0. The van der Waals surface area contributed by atoms with Crippen LogP contribution in [0.25, 0.3) is 66.2 Å². The Morgan fingerprint density at radius 3 is 1.07 bits per heavy atom. The Bertz CT molecular complexity index is 7080. The third-order valence-electron chi connectivity index (χ3n) is 32.4. The molecular weight excluding hydrogens is 1910 g/mol. The summed E-state index contributed by atoms with van der Waals surface area (Å²) in [5.41, 5.74) is -0.819. The molecule has 12 aliphatic rings. The van der Waals surface area contributed by atoms with Crippen LogP contribution >= 0.6 is 0 Å². The zero-order chi connectivity index (χ0) is 103. The van der Waals surface area contributed by atoms with Crippen LogP contribution in [0, 0.1) is 62.6 Å². The average Bonchev–Trinajstić information content (AvgIpc) is 1.43. The van der Waals surface area contributed by atoms with Crippen molar-refractivity contribution in [3.8, 4) is 30.3 Å². The molecule has 0 aliphatic carbocycles. The number of likely N-dealkylation sites (tertiary alicyclic amines) is 6. The number of aliphatic hydroxyl groups is 1. The number of halogens is 6. The quantitative estimate of drug-likeness (QED) is 0.0559. The molecule has 0 saturated carbocycles. The van der Waals surface area contributed by atoms with Crippen LogP contribution in [-0.2, 0) is 28.8 Å². The Labute approximate surface area is 838 Å². The maximum atomic E-state index is 15.0. The Morgan fingerprint density at radius 1 is 0.340 bits per heavy atom. The van der Waals surface area contributed by atoms with Crippen molar-refractivity contribution in [2.75, 3.05) is 141 Å². The van der Waals surface area contributed by atoms with Gasteiger partial charge in [0, 0.05) is 142 Å². The van der Waals surface area contributed by atoms with Crippen LogP contribution in [0.5, 0.6) is 0 Å². The molecule has 0 radical (unpaired) electrons. The fourth-order valence-electron chi connectivity index (χ4n) is 25.1. The average molecular weight is 2020 g/mol. The molecule has 24 rings (SSSR count). The summed E-state index contributed by atoms with van der Waals surface area (Å²) in [6.45, 7) is 12.4. The molecule has 9 atom stereocenters. The minimum atomic E-state index is -3.00. The zero-order valence-corrected chi connectivity index (χ0v) is 81.4. The van der Waals surface area contributed by atoms with E-state index in [0.717, 1.165) is 182 Å². The number of H-pyrrole nitrogens is 6. The first-order valence-electron chi connectivity index (χ1n) is 49.6. The molecule has 24 heterocycles. The molecule has 7 N–H and O–H groups in total. The number of aliphatic hydroxyl groups excluding tert-OH is 1. The van der Waals surface area contributed by atoms with Crippen LogP contribution < -0.4 is 29.4 Å². The van der Waals surface area contributed by atoms with Crippen molar-refractivity contribution in [3.05, 3.63) is 112 Å². The van der Waals surface area contributed by atoms with Gasteiger partial charge in [-0.2, -0.15) is 26.3 Å². The van der Waals surface area contributed by atoms with Crippen molar-refractivity contribution >= 4 is 137 Å². The van der Waals surface area contributed by atoms with Crippen molar-refractivity contribution in [1.82, 2.24) is 119 Å². The number of aromatic nitrogens is 18. The summed E-state index contributed by atoms with van der Waals surface area (Å²) in [4.78, 5) is 165. The van der Waals surface area contributed by atoms with E-state index >= 15 is 8.78 Å². The van der Waals surface area contributed by atoms with Gasteiger partial charge in [0.05, 0.1) is 98.4 Å². The standard InChI is InChI=1S/C17H18F2N6O.2C17H20N6O.C17H23N5O2.C16H16F2N6O.C15H14F2N6O/c18-17(19)5-9-24(15-12-3-7-21-14(12)22-11-23-15)10-16(17)4-1-8-25(16)13(26)2-6-20;1-12-4-8-23(14(24)2-6-18)17(12)5-9-22(10-17)16-13-3-7-19-15(13)20-11-21-16;1-12-17(5-2-9-23(17)14(24)3-7-18)6-10-22(12)16-13-4-8-19-15(13)20-11-21-16;1-12(23)16(24)22-9-3-6-17(22)5-2-8-21(10-17)15-13-4-7-18-14(13)19-11-20-15;17-16(18)9-24(12(25)2-5-19)15(16)4-1-7-23(8-15)14-11-3-6-20-13(11)21-10-22-14;16-15(17)8-23(11(24)1-4-18)14(15)3-6-22(7-14)13-10-2-5-19-12(10)20-9-21-13/h3,7,11H,1-2,4-5,8-10H2,(H,21,22,23);3,7,11-12H,2,4-5,8-10H2,1H3,(H,19,20,21);4,8,11-12H,2-3,5-6,9-10H2,1H3,(H,19,20,21);4,7,11-12,23H,2-3,5-6,8-10H2,1H3,(H,18,19,20);3,6,10H,1-2,4,7-9H2,(H,20,21,22);2,5,9H,1,3,6-8H2,(H,19,20,21)/t;;;12-,17?;;/m...0../s1. The number of aromatic amines is 6. The number of fused-ring (bicyclic) bond motifs is 6. The lowest BCUT2D eigenvalue weighted by Crippen LogP contribution is -2.80. The molecule has 147 heavy (non-hydrogen) atoms. The summed E-state index contributed by atoms with van der Waals surface area (Å²) in [6.07, 6.45) is 27.6. The number of alkyl halides is 6. The van der Waals surface area contributed by atoms with E-state index in [4.69, 9.17) is 26.3 Å². The Kier molecular flexibility index (Phi) is 27.2. The Balaban J connectivity index is 0.000000111. The summed E-state index contributed by atoms with van der Waals surface area (Å²) >= 11 is 0. The maximum absolute atomic E-state index is 15.0. The van der Waals surface area contributed by atoms with E-state index in [1.54, 1.807) is 78.6 Å². The smallest absolute Gasteiger partial charge is 0.289 e. The van der Waals surface area contributed by atoms with Gasteiger partial charge in [-0.05, 0) is 146 Å². The van der Waals surface area contributed by atoms with Gasteiger partial charge < -0.3 is 93.8 Å². The Hall–Kier alpha value is -15.7. The molecule has 0 aromatic carbocycles. The largest absolute Gasteiger partial charge is 0.384 e. The monoisotopic (exact) mass is 2020 g/mol. The first-order valence-corrected chi connectivity index (χ1v) is 49.6. The van der Waals surface area contributed by atoms with Gasteiger partial charge in [-0.25, -0.2) is 86.2 Å². The van der Waals surface area contributed by atoms with Gasteiger partial charge in [0.1, 0.15) is 162 Å². The van der Waals surface area contributed by atoms with Crippen molar-refractivity contribution in [1.29, 1.82) is 26.3 Å². The first kappa shape index (κ1) is 100. The molecule has 12 aromatic heterocycles. The number of amides is 6. The highest BCUT2D eigenvalue weighted by Crippen LogP contribution is 2.55. The molecule has 12 saturated heterocycles. The lowest BCUT2D eigenvalue weighted by atomic mass is 9.74. The maximum Gasteiger partial charge on any atom is 0.289 e. The molecule has 12 aliphatic heterocycles. The van der Waals surface area contributed by atoms with Crippen LogP contribution in [0.3, 0.4) is 0 Å². The SMILES string of the molecule is CC1CCN(C(=O)CC#N)C12CCN(c1ncnc3[nH]ccc13)C2.CC1N(c2ncnc3[nH]ccc23)CCC12CCCN2C(=O)CC#N.C[C@H](O)C(=O)N1CCCC12CCCN(c1ncnc3[nH]ccc13)C2.N#CCC(=O)N1CC(F)(F)C12CCCN(c1ncnc3[nH]ccc13)C2.N#CCC(=O)N1CC(F)(F)C12CCN(c1ncnc3[nH]ccc13)C2.N#CCC(=O)N1CCCC12CN(c1ncnc3[nH]ccc13)CCC2(F)F. The zero-order valence-electron chi connectivity index (χ0n) is 81.4. The molecule has 6 spiro atoms. The lowest BCUT2D eigenvalue weighted by Gasteiger charge is -2.61. The van der Waals surface area contributed by atoms with Crippen molar-refractivity contribution in [2.24, 2.45) is 5.92 Å². The number of anilines is 6. The minimum Gasteiger partial charge on any atom is -0.384 e. The molecule has 6 amide bonds. The summed E-state index contributed by atoms with van der Waals surface area (Å²) in [5.74, 6) is -5.83. The van der Waals surface area contributed by atoms with Gasteiger partial charge in [0.25, 0.3) is 23.7 Å². The van der Waals surface area contributed by atoms with Gasteiger partial charge in [-0.1, -0.05) is 6.92 Å². The fourth-order valence-corrected chi connectivity index (χ4v) is 25.1. The summed E-state index contributed by atoms with van der Waals surface area (Å²) in [6, 6.07) is 20.9. The molecule has 48 heteroatoms. The highest BCUT2D eigenvalue weighted by molar-refractivity contribution is 5.94. The third-order valence-corrected chi connectivity index (χ3v) is 32.4. The summed E-state index contributed by atoms with van der Waals surface area (Å²) in [5, 5.41) is 59.1. The number of nitrogens with one attached hydrogen (secondary N) is 6. The van der Waals surface area contributed by atoms with Crippen LogP contribution in [0.1, 0.15) is 149 Å². The number of nitrogens with zero attached hydrogens (tertiary/aromatic N) is 29. The van der Waals surface area contributed by atoms with Crippen LogP contribution in [0.2, 0.25) is 0 Å². The molecule has 12 fully saturated rings. The normalized spacial score (nSPS) is 25.6. The van der Waals surface area contributed by atoms with E-state index in [0.29, 0.717) is 66.2 Å². The lowest BCUT2D eigenvalue weighted by molar-refractivity contribution is -0.243. The molecule has 42 nitrogen and oxygen atoms in total.